The molecule has 1 aromatic heterocycles. The number of rotatable bonds is 8. The maximum atomic E-state index is 12.5. The second-order valence-electron chi connectivity index (χ2n) is 6.48. The number of nitrogens with one attached hydrogen (secondary N) is 1. The molecule has 150 valence electrons. The van der Waals surface area contributed by atoms with Crippen molar-refractivity contribution in [1.29, 1.82) is 0 Å². The highest BCUT2D eigenvalue weighted by molar-refractivity contribution is 5.92. The fourth-order valence-electron chi connectivity index (χ4n) is 2.99. The van der Waals surface area contributed by atoms with Crippen LogP contribution in [0.25, 0.3) is 0 Å². The predicted molar refractivity (Wildman–Crippen MR) is 107 cm³/mol. The van der Waals surface area contributed by atoms with Crippen molar-refractivity contribution in [2.24, 2.45) is 0 Å². The van der Waals surface area contributed by atoms with Crippen LogP contribution in [-0.2, 0) is 0 Å². The maximum absolute atomic E-state index is 12.5. The molecule has 1 N–H and O–H groups in total. The van der Waals surface area contributed by atoms with Gasteiger partial charge in [0.25, 0.3) is 5.91 Å². The average Bonchev–Trinajstić information content (AvgIpc) is 2.77. The number of methoxy groups -OCH3 is 1. The maximum Gasteiger partial charge on any atom is 0.274 e. The van der Waals surface area contributed by atoms with Crippen LogP contribution in [0.5, 0.6) is 11.5 Å². The third-order valence-electron chi connectivity index (χ3n) is 4.73. The normalized spacial score (nSPS) is 14.6. The number of nitrogens with zero attached hydrogens (tertiary/aromatic N) is 4. The number of aromatic nitrogens is 2. The third kappa shape index (κ3) is 5.32. The molecule has 1 amide bonds. The number of likely N-dealkylation sites (N-methyl/N-ethyl adjacent to an activating group) is 1. The summed E-state index contributed by atoms with van der Waals surface area (Å²) >= 11 is 0. The summed E-state index contributed by atoms with van der Waals surface area (Å²) in [6.07, 6.45) is 0. The van der Waals surface area contributed by atoms with E-state index in [1.807, 2.05) is 29.2 Å². The van der Waals surface area contributed by atoms with Crippen molar-refractivity contribution in [2.75, 3.05) is 58.3 Å². The SMILES string of the molecule is CCN1CCN(C(=O)c2ccc(NCCOc3ccc(OC)cc3)nn2)CC1. The first-order valence-electron chi connectivity index (χ1n) is 9.55. The summed E-state index contributed by atoms with van der Waals surface area (Å²) in [6, 6.07) is 10.9. The Kier molecular flexibility index (Phi) is 7.02. The largest absolute Gasteiger partial charge is 0.497 e. The quantitative estimate of drug-likeness (QED) is 0.694. The van der Waals surface area contributed by atoms with Crippen LogP contribution in [0.4, 0.5) is 5.82 Å². The van der Waals surface area contributed by atoms with Gasteiger partial charge < -0.3 is 24.6 Å². The van der Waals surface area contributed by atoms with Gasteiger partial charge in [0.05, 0.1) is 13.7 Å². The summed E-state index contributed by atoms with van der Waals surface area (Å²) in [5.41, 5.74) is 0.380. The molecule has 0 aliphatic carbocycles. The Balaban J connectivity index is 1.42. The van der Waals surface area contributed by atoms with Gasteiger partial charge in [-0.05, 0) is 42.9 Å². The minimum atomic E-state index is -0.0577. The van der Waals surface area contributed by atoms with Crippen molar-refractivity contribution in [3.8, 4) is 11.5 Å². The molecule has 0 unspecified atom stereocenters. The molecule has 8 heteroatoms. The summed E-state index contributed by atoms with van der Waals surface area (Å²) in [5, 5.41) is 11.3. The lowest BCUT2D eigenvalue weighted by Gasteiger charge is -2.33. The molecule has 0 bridgehead atoms. The van der Waals surface area contributed by atoms with Crippen LogP contribution in [0.1, 0.15) is 17.4 Å². The van der Waals surface area contributed by atoms with Crippen LogP contribution < -0.4 is 14.8 Å². The predicted octanol–water partition coefficient (Wildman–Crippen LogP) is 1.75. The highest BCUT2D eigenvalue weighted by Crippen LogP contribution is 2.16. The lowest BCUT2D eigenvalue weighted by atomic mass is 10.2. The molecule has 2 heterocycles. The highest BCUT2D eigenvalue weighted by Gasteiger charge is 2.22. The summed E-state index contributed by atoms with van der Waals surface area (Å²) in [6.45, 7) is 7.49. The molecule has 8 nitrogen and oxygen atoms in total. The highest BCUT2D eigenvalue weighted by atomic mass is 16.5. The first kappa shape index (κ1) is 19.9. The monoisotopic (exact) mass is 385 g/mol. The molecule has 1 saturated heterocycles. The fraction of sp³-hybridized carbons (Fsp3) is 0.450. The van der Waals surface area contributed by atoms with Crippen LogP contribution in [0.15, 0.2) is 36.4 Å². The lowest BCUT2D eigenvalue weighted by Crippen LogP contribution is -2.48. The van der Waals surface area contributed by atoms with Gasteiger partial charge in [-0.1, -0.05) is 6.92 Å². The van der Waals surface area contributed by atoms with Crippen molar-refractivity contribution in [1.82, 2.24) is 20.0 Å². The summed E-state index contributed by atoms with van der Waals surface area (Å²) in [4.78, 5) is 16.7. The molecular weight excluding hydrogens is 358 g/mol. The van der Waals surface area contributed by atoms with Gasteiger partial charge in [-0.3, -0.25) is 4.79 Å². The minimum absolute atomic E-state index is 0.0577. The number of carbonyl (C=O) groups excluding carboxylic acids is 1. The Morgan fingerprint density at radius 3 is 2.36 bits per heavy atom. The van der Waals surface area contributed by atoms with Crippen LogP contribution in [0, 0.1) is 0 Å². The first-order chi connectivity index (χ1) is 13.7. The summed E-state index contributed by atoms with van der Waals surface area (Å²) in [5.74, 6) is 2.13. The van der Waals surface area contributed by atoms with Gasteiger partial charge in [0, 0.05) is 26.2 Å². The number of hydrogen-bond acceptors (Lipinski definition) is 7. The molecule has 1 aromatic carbocycles. The minimum Gasteiger partial charge on any atom is -0.497 e. The van der Waals surface area contributed by atoms with Crippen molar-refractivity contribution in [3.63, 3.8) is 0 Å². The van der Waals surface area contributed by atoms with E-state index in [1.54, 1.807) is 19.2 Å². The van der Waals surface area contributed by atoms with Crippen LogP contribution in [0.3, 0.4) is 0 Å². The molecule has 1 aliphatic rings. The van der Waals surface area contributed by atoms with Crippen LogP contribution in [-0.4, -0.2) is 78.9 Å². The Morgan fingerprint density at radius 1 is 1.04 bits per heavy atom. The molecule has 1 aliphatic heterocycles. The van der Waals surface area contributed by atoms with E-state index in [4.69, 9.17) is 9.47 Å². The fourth-order valence-corrected chi connectivity index (χ4v) is 2.99. The number of amides is 1. The van der Waals surface area contributed by atoms with Gasteiger partial charge in [0.15, 0.2) is 5.69 Å². The van der Waals surface area contributed by atoms with Crippen LogP contribution in [0.2, 0.25) is 0 Å². The van der Waals surface area contributed by atoms with E-state index in [2.05, 4.69) is 27.3 Å². The molecule has 2 aromatic rings. The Labute approximate surface area is 165 Å². The third-order valence-corrected chi connectivity index (χ3v) is 4.73. The van der Waals surface area contributed by atoms with E-state index in [-0.39, 0.29) is 5.91 Å². The molecule has 1 fully saturated rings. The van der Waals surface area contributed by atoms with Crippen molar-refractivity contribution < 1.29 is 14.3 Å². The van der Waals surface area contributed by atoms with E-state index in [0.29, 0.717) is 24.7 Å². The smallest absolute Gasteiger partial charge is 0.274 e. The molecule has 0 radical (unpaired) electrons. The number of carbonyl (C=O) groups is 1. The number of anilines is 1. The topological polar surface area (TPSA) is 79.8 Å². The van der Waals surface area contributed by atoms with E-state index in [0.717, 1.165) is 44.2 Å². The van der Waals surface area contributed by atoms with Gasteiger partial charge in [-0.2, -0.15) is 0 Å². The zero-order valence-electron chi connectivity index (χ0n) is 16.4. The zero-order valence-corrected chi connectivity index (χ0v) is 16.4. The number of piperazine rings is 1. The van der Waals surface area contributed by atoms with Crippen molar-refractivity contribution in [3.05, 3.63) is 42.1 Å². The lowest BCUT2D eigenvalue weighted by molar-refractivity contribution is 0.0636. The molecule has 0 atom stereocenters. The standard InChI is InChI=1S/C20H27N5O3/c1-3-24-11-13-25(14-12-24)20(26)18-8-9-19(23-22-18)21-10-15-28-17-6-4-16(27-2)5-7-17/h4-9H,3,10-15H2,1-2H3,(H,21,23). The van der Waals surface area contributed by atoms with Gasteiger partial charge in [0.1, 0.15) is 23.9 Å². The molecular formula is C20H27N5O3. The van der Waals surface area contributed by atoms with Gasteiger partial charge in [0.2, 0.25) is 0 Å². The summed E-state index contributed by atoms with van der Waals surface area (Å²) in [7, 11) is 1.63. The van der Waals surface area contributed by atoms with Gasteiger partial charge in [-0.25, -0.2) is 0 Å². The van der Waals surface area contributed by atoms with E-state index in [9.17, 15) is 4.79 Å². The van der Waals surface area contributed by atoms with E-state index >= 15 is 0 Å². The van der Waals surface area contributed by atoms with Gasteiger partial charge >= 0.3 is 0 Å². The number of hydrogen-bond donors (Lipinski definition) is 1. The molecule has 0 saturated carbocycles. The Hall–Kier alpha value is -2.87. The Bertz CT molecular complexity index is 743. The molecule has 0 spiro atoms. The zero-order chi connectivity index (χ0) is 19.8. The molecule has 28 heavy (non-hydrogen) atoms. The average molecular weight is 385 g/mol. The van der Waals surface area contributed by atoms with Gasteiger partial charge in [-0.15, -0.1) is 10.2 Å². The first-order valence-corrected chi connectivity index (χ1v) is 9.55. The van der Waals surface area contributed by atoms with Crippen molar-refractivity contribution in [2.45, 2.75) is 6.92 Å². The summed E-state index contributed by atoms with van der Waals surface area (Å²) < 4.78 is 10.8. The second kappa shape index (κ2) is 9.89. The molecule has 3 rings (SSSR count). The number of ether oxygens (including phenoxy) is 2. The van der Waals surface area contributed by atoms with E-state index < -0.39 is 0 Å². The van der Waals surface area contributed by atoms with E-state index in [1.165, 1.54) is 0 Å². The second-order valence-corrected chi connectivity index (χ2v) is 6.48. The Morgan fingerprint density at radius 2 is 1.75 bits per heavy atom. The number of benzene rings is 1. The van der Waals surface area contributed by atoms with Crippen molar-refractivity contribution >= 4 is 11.7 Å². The van der Waals surface area contributed by atoms with Crippen LogP contribution >= 0.6 is 0 Å².